The van der Waals surface area contributed by atoms with E-state index in [1.54, 1.807) is 0 Å². The third-order valence-corrected chi connectivity index (χ3v) is 5.23. The van der Waals surface area contributed by atoms with E-state index in [1.165, 1.54) is 17.3 Å². The van der Waals surface area contributed by atoms with Crippen LogP contribution >= 0.6 is 11.8 Å². The lowest BCUT2D eigenvalue weighted by Crippen LogP contribution is -2.19. The van der Waals surface area contributed by atoms with Gasteiger partial charge in [-0.3, -0.25) is 4.79 Å². The quantitative estimate of drug-likeness (QED) is 0.456. The zero-order valence-corrected chi connectivity index (χ0v) is 18.3. The molecule has 1 saturated heterocycles. The Morgan fingerprint density at radius 1 is 1.13 bits per heavy atom. The predicted molar refractivity (Wildman–Crippen MR) is 125 cm³/mol. The minimum absolute atomic E-state index is 0.164. The summed E-state index contributed by atoms with van der Waals surface area (Å²) in [6.07, 6.45) is 4.32. The van der Waals surface area contributed by atoms with Gasteiger partial charge in [-0.1, -0.05) is 23.8 Å². The predicted octanol–water partition coefficient (Wildman–Crippen LogP) is 5.41. The van der Waals surface area contributed by atoms with Crippen molar-refractivity contribution in [1.29, 1.82) is 0 Å². The van der Waals surface area contributed by atoms with E-state index < -0.39 is 0 Å². The Bertz CT molecular complexity index is 994. The summed E-state index contributed by atoms with van der Waals surface area (Å²) in [5, 5.41) is 3.40. The normalized spacial score (nSPS) is 16.0. The minimum atomic E-state index is -0.164. The van der Waals surface area contributed by atoms with Gasteiger partial charge in [-0.2, -0.15) is 0 Å². The fraction of sp³-hybridized carbons (Fsp3) is 0.250. The topological polar surface area (TPSA) is 59.9 Å². The average molecular weight is 423 g/mol. The van der Waals surface area contributed by atoms with E-state index in [0.717, 1.165) is 22.6 Å². The maximum atomic E-state index is 12.5. The van der Waals surface area contributed by atoms with E-state index in [4.69, 9.17) is 9.47 Å². The fourth-order valence-corrected chi connectivity index (χ4v) is 3.86. The molecule has 0 spiro atoms. The van der Waals surface area contributed by atoms with Crippen LogP contribution in [0.25, 0.3) is 6.08 Å². The number of amides is 1. The number of thioether (sulfide) groups is 1. The van der Waals surface area contributed by atoms with E-state index in [0.29, 0.717) is 35.5 Å². The largest absolute Gasteiger partial charge is 0.490 e. The molecule has 156 valence electrons. The van der Waals surface area contributed by atoms with Gasteiger partial charge < -0.3 is 14.8 Å². The molecule has 6 heteroatoms. The molecule has 1 aliphatic rings. The molecule has 0 aliphatic carbocycles. The molecule has 5 nitrogen and oxygen atoms in total. The van der Waals surface area contributed by atoms with E-state index in [2.05, 4.69) is 16.9 Å². The number of benzene rings is 2. The van der Waals surface area contributed by atoms with Gasteiger partial charge in [0, 0.05) is 5.56 Å². The van der Waals surface area contributed by atoms with Crippen molar-refractivity contribution >= 4 is 34.6 Å². The fourth-order valence-electron chi connectivity index (χ4n) is 3.01. The number of carbonyl (C=O) groups excluding carboxylic acids is 1. The van der Waals surface area contributed by atoms with E-state index in [-0.39, 0.29) is 5.91 Å². The molecule has 0 bridgehead atoms. The maximum Gasteiger partial charge on any atom is 0.264 e. The summed E-state index contributed by atoms with van der Waals surface area (Å²) in [6, 6.07) is 11.8. The van der Waals surface area contributed by atoms with Gasteiger partial charge in [0.05, 0.1) is 23.8 Å². The number of amidine groups is 1. The van der Waals surface area contributed by atoms with Gasteiger partial charge in [-0.05, 0) is 74.9 Å². The van der Waals surface area contributed by atoms with Crippen molar-refractivity contribution in [3.63, 3.8) is 0 Å². The second kappa shape index (κ2) is 10.2. The van der Waals surface area contributed by atoms with Gasteiger partial charge in [-0.15, -0.1) is 6.58 Å². The van der Waals surface area contributed by atoms with Crippen LogP contribution in [-0.2, 0) is 11.2 Å². The number of nitrogens with one attached hydrogen (secondary N) is 1. The molecule has 3 rings (SSSR count). The second-order valence-electron chi connectivity index (χ2n) is 6.68. The molecule has 1 fully saturated rings. The third-order valence-electron chi connectivity index (χ3n) is 4.32. The molecule has 0 unspecified atom stereocenters. The van der Waals surface area contributed by atoms with Crippen LogP contribution in [0.4, 0.5) is 5.69 Å². The number of allylic oxidation sites excluding steroid dienone is 1. The number of rotatable bonds is 8. The van der Waals surface area contributed by atoms with E-state index in [9.17, 15) is 4.79 Å². The Morgan fingerprint density at radius 2 is 1.87 bits per heavy atom. The van der Waals surface area contributed by atoms with Crippen LogP contribution in [0.15, 0.2) is 59.0 Å². The van der Waals surface area contributed by atoms with Crippen LogP contribution in [-0.4, -0.2) is 24.3 Å². The molecule has 1 heterocycles. The van der Waals surface area contributed by atoms with Gasteiger partial charge in [0.25, 0.3) is 5.91 Å². The first-order valence-electron chi connectivity index (χ1n) is 9.93. The van der Waals surface area contributed by atoms with Crippen LogP contribution in [0.2, 0.25) is 0 Å². The molecule has 0 radical (unpaired) electrons. The lowest BCUT2D eigenvalue weighted by atomic mass is 10.0. The summed E-state index contributed by atoms with van der Waals surface area (Å²) in [4.78, 5) is 17.6. The van der Waals surface area contributed by atoms with Crippen LogP contribution in [0.5, 0.6) is 11.5 Å². The first-order chi connectivity index (χ1) is 14.5. The van der Waals surface area contributed by atoms with Crippen molar-refractivity contribution in [3.05, 3.63) is 70.6 Å². The van der Waals surface area contributed by atoms with Gasteiger partial charge in [0.1, 0.15) is 0 Å². The third kappa shape index (κ3) is 5.33. The van der Waals surface area contributed by atoms with Crippen molar-refractivity contribution in [2.45, 2.75) is 27.2 Å². The minimum Gasteiger partial charge on any atom is -0.490 e. The number of hydrogen-bond acceptors (Lipinski definition) is 5. The highest BCUT2D eigenvalue weighted by Crippen LogP contribution is 2.36. The Balaban J connectivity index is 1.92. The number of ether oxygens (including phenoxy) is 2. The summed E-state index contributed by atoms with van der Waals surface area (Å²) in [5.41, 5.74) is 3.81. The Kier molecular flexibility index (Phi) is 7.36. The molecule has 30 heavy (non-hydrogen) atoms. The van der Waals surface area contributed by atoms with Crippen molar-refractivity contribution in [3.8, 4) is 11.5 Å². The number of hydrogen-bond donors (Lipinski definition) is 1. The zero-order chi connectivity index (χ0) is 21.5. The van der Waals surface area contributed by atoms with Gasteiger partial charge >= 0.3 is 0 Å². The van der Waals surface area contributed by atoms with Crippen LogP contribution < -0.4 is 14.8 Å². The van der Waals surface area contributed by atoms with E-state index in [1.807, 2.05) is 69.3 Å². The first-order valence-corrected chi connectivity index (χ1v) is 10.7. The number of aliphatic imine (C=N–C) groups is 1. The lowest BCUT2D eigenvalue weighted by molar-refractivity contribution is -0.115. The van der Waals surface area contributed by atoms with Crippen LogP contribution in [0.3, 0.4) is 0 Å². The molecule has 1 N–H and O–H groups in total. The van der Waals surface area contributed by atoms with E-state index >= 15 is 0 Å². The van der Waals surface area contributed by atoms with Crippen LogP contribution in [0.1, 0.15) is 30.5 Å². The Morgan fingerprint density at radius 3 is 2.53 bits per heavy atom. The number of aryl methyl sites for hydroxylation is 1. The van der Waals surface area contributed by atoms with Crippen molar-refractivity contribution in [1.82, 2.24) is 5.32 Å². The maximum absolute atomic E-state index is 12.5. The molecule has 2 aromatic carbocycles. The van der Waals surface area contributed by atoms with Crippen molar-refractivity contribution in [2.75, 3.05) is 13.2 Å². The standard InChI is InChI=1S/C24H26N2O3S/c1-5-8-18-13-17(14-20(28-6-2)22(18)29-7-3)15-21-23(27)26-24(30-21)25-19-11-9-16(4)10-12-19/h5,9-15H,1,6-8H2,2-4H3,(H,25,26,27)/b21-15+. The van der Waals surface area contributed by atoms with Crippen molar-refractivity contribution < 1.29 is 14.3 Å². The molecular weight excluding hydrogens is 396 g/mol. The molecule has 2 aromatic rings. The van der Waals surface area contributed by atoms with Gasteiger partial charge in [0.2, 0.25) is 0 Å². The Labute approximate surface area is 181 Å². The van der Waals surface area contributed by atoms with Crippen LogP contribution in [0, 0.1) is 6.92 Å². The highest BCUT2D eigenvalue weighted by molar-refractivity contribution is 8.18. The number of carbonyl (C=O) groups is 1. The summed E-state index contributed by atoms with van der Waals surface area (Å²) in [7, 11) is 0. The lowest BCUT2D eigenvalue weighted by Gasteiger charge is -2.16. The molecule has 0 aromatic heterocycles. The highest BCUT2D eigenvalue weighted by atomic mass is 32.2. The second-order valence-corrected chi connectivity index (χ2v) is 7.71. The summed E-state index contributed by atoms with van der Waals surface area (Å²) in [5.74, 6) is 1.23. The Hall–Kier alpha value is -2.99. The monoisotopic (exact) mass is 422 g/mol. The first kappa shape index (κ1) is 21.7. The van der Waals surface area contributed by atoms with Crippen molar-refractivity contribution in [2.24, 2.45) is 4.99 Å². The zero-order valence-electron chi connectivity index (χ0n) is 17.5. The average Bonchev–Trinajstić information content (AvgIpc) is 3.05. The smallest absolute Gasteiger partial charge is 0.264 e. The molecular formula is C24H26N2O3S. The molecule has 0 saturated carbocycles. The molecule has 1 aliphatic heterocycles. The molecule has 1 amide bonds. The highest BCUT2D eigenvalue weighted by Gasteiger charge is 2.24. The molecule has 0 atom stereocenters. The SMILES string of the molecule is C=CCc1cc(/C=C2/SC(=Nc3ccc(C)cc3)NC2=O)cc(OCC)c1OCC. The summed E-state index contributed by atoms with van der Waals surface area (Å²) < 4.78 is 11.6. The number of nitrogens with zero attached hydrogens (tertiary/aromatic N) is 1. The van der Waals surface area contributed by atoms with Gasteiger partial charge in [0.15, 0.2) is 16.7 Å². The summed E-state index contributed by atoms with van der Waals surface area (Å²) in [6.45, 7) is 10.8. The van der Waals surface area contributed by atoms with Gasteiger partial charge in [-0.25, -0.2) is 4.99 Å². The summed E-state index contributed by atoms with van der Waals surface area (Å²) >= 11 is 1.32.